The first-order valence-corrected chi connectivity index (χ1v) is 8.12. The van der Waals surface area contributed by atoms with Crippen molar-refractivity contribution in [3.05, 3.63) is 0 Å². The van der Waals surface area contributed by atoms with Crippen molar-refractivity contribution in [2.45, 2.75) is 25.5 Å². The molecule has 19 heavy (non-hydrogen) atoms. The van der Waals surface area contributed by atoms with Crippen molar-refractivity contribution < 1.29 is 23.1 Å². The van der Waals surface area contributed by atoms with Gasteiger partial charge in [0.2, 0.25) is 11.8 Å². The minimum Gasteiger partial charge on any atom is -0.390 e. The molecule has 2 rings (SSSR count). The highest BCUT2D eigenvalue weighted by atomic mass is 32.2. The highest BCUT2D eigenvalue weighted by Gasteiger charge is 2.43. The van der Waals surface area contributed by atoms with Crippen molar-refractivity contribution >= 4 is 21.7 Å². The summed E-state index contributed by atoms with van der Waals surface area (Å²) in [6, 6.07) is -0.670. The van der Waals surface area contributed by atoms with Gasteiger partial charge in [-0.15, -0.1) is 0 Å². The summed E-state index contributed by atoms with van der Waals surface area (Å²) in [5, 5.41) is 9.76. The Morgan fingerprint density at radius 3 is 2.53 bits per heavy atom. The fourth-order valence-corrected chi connectivity index (χ4v) is 4.38. The summed E-state index contributed by atoms with van der Waals surface area (Å²) in [5.74, 6) is -0.873. The first-order chi connectivity index (χ1) is 8.84. The van der Waals surface area contributed by atoms with Crippen LogP contribution in [-0.4, -0.2) is 78.4 Å². The van der Waals surface area contributed by atoms with Crippen molar-refractivity contribution in [2.24, 2.45) is 0 Å². The molecule has 2 atom stereocenters. The molecule has 2 fully saturated rings. The molecule has 0 bridgehead atoms. The first kappa shape index (κ1) is 14.3. The van der Waals surface area contributed by atoms with Crippen LogP contribution < -0.4 is 0 Å². The molecular formula is C11H18N2O5S. The molecule has 0 aromatic carbocycles. The summed E-state index contributed by atoms with van der Waals surface area (Å²) in [5.41, 5.74) is 0. The van der Waals surface area contributed by atoms with E-state index in [1.165, 1.54) is 9.80 Å². The second-order valence-electron chi connectivity index (χ2n) is 4.97. The van der Waals surface area contributed by atoms with Gasteiger partial charge < -0.3 is 14.9 Å². The van der Waals surface area contributed by atoms with Crippen LogP contribution in [-0.2, 0) is 19.4 Å². The van der Waals surface area contributed by atoms with Gasteiger partial charge in [-0.2, -0.15) is 0 Å². The van der Waals surface area contributed by atoms with Crippen LogP contribution in [0, 0.1) is 0 Å². The Hall–Kier alpha value is -1.15. The zero-order valence-electron chi connectivity index (χ0n) is 10.8. The minimum absolute atomic E-state index is 0.0318. The zero-order chi connectivity index (χ0) is 14.2. The third-order valence-corrected chi connectivity index (χ3v) is 5.31. The molecule has 2 aliphatic rings. The average molecular weight is 290 g/mol. The number of carbonyl (C=O) groups excluding carboxylic acids is 2. The van der Waals surface area contributed by atoms with Gasteiger partial charge in [0.25, 0.3) is 0 Å². The molecule has 108 valence electrons. The molecule has 7 nitrogen and oxygen atoms in total. The second kappa shape index (κ2) is 5.09. The Morgan fingerprint density at radius 2 is 2.05 bits per heavy atom. The van der Waals surface area contributed by atoms with Gasteiger partial charge in [0, 0.05) is 19.5 Å². The molecule has 0 spiro atoms. The number of aliphatic hydroxyl groups is 1. The number of piperazine rings is 1. The number of hydrogen-bond acceptors (Lipinski definition) is 5. The van der Waals surface area contributed by atoms with Crippen molar-refractivity contribution in [1.29, 1.82) is 0 Å². The quantitative estimate of drug-likeness (QED) is 0.649. The van der Waals surface area contributed by atoms with Crippen LogP contribution in [0.15, 0.2) is 0 Å². The van der Waals surface area contributed by atoms with Crippen molar-refractivity contribution in [3.63, 3.8) is 0 Å². The fourth-order valence-electron chi connectivity index (χ4n) is 2.58. The monoisotopic (exact) mass is 290 g/mol. The molecule has 8 heteroatoms. The lowest BCUT2D eigenvalue weighted by molar-refractivity contribution is -0.148. The van der Waals surface area contributed by atoms with Crippen molar-refractivity contribution in [3.8, 4) is 0 Å². The molecule has 2 heterocycles. The van der Waals surface area contributed by atoms with Crippen LogP contribution in [0.25, 0.3) is 0 Å². The Balaban J connectivity index is 2.05. The lowest BCUT2D eigenvalue weighted by Gasteiger charge is -2.38. The minimum atomic E-state index is -3.28. The Morgan fingerprint density at radius 1 is 1.37 bits per heavy atom. The van der Waals surface area contributed by atoms with E-state index in [4.69, 9.17) is 0 Å². The highest BCUT2D eigenvalue weighted by molar-refractivity contribution is 7.91. The van der Waals surface area contributed by atoms with E-state index < -0.39 is 22.0 Å². The van der Waals surface area contributed by atoms with E-state index in [-0.39, 0.29) is 36.4 Å². The molecule has 2 aliphatic heterocycles. The number of hydrogen-bond donors (Lipinski definition) is 1. The van der Waals surface area contributed by atoms with Gasteiger partial charge >= 0.3 is 0 Å². The van der Waals surface area contributed by atoms with E-state index in [1.54, 1.807) is 6.92 Å². The lowest BCUT2D eigenvalue weighted by atomic mass is 10.1. The molecule has 0 aromatic rings. The maximum absolute atomic E-state index is 12.0. The molecule has 0 unspecified atom stereocenters. The average Bonchev–Trinajstić information content (AvgIpc) is 2.61. The van der Waals surface area contributed by atoms with Gasteiger partial charge in [0.15, 0.2) is 9.84 Å². The van der Waals surface area contributed by atoms with E-state index in [2.05, 4.69) is 0 Å². The predicted molar refractivity (Wildman–Crippen MR) is 67.0 cm³/mol. The third-order valence-electron chi connectivity index (χ3n) is 3.61. The molecule has 2 amide bonds. The van der Waals surface area contributed by atoms with Gasteiger partial charge in [-0.3, -0.25) is 9.59 Å². The molecule has 2 saturated heterocycles. The number of sulfone groups is 1. The van der Waals surface area contributed by atoms with Gasteiger partial charge in [0.05, 0.1) is 30.2 Å². The summed E-state index contributed by atoms with van der Waals surface area (Å²) >= 11 is 0. The number of amides is 2. The summed E-state index contributed by atoms with van der Waals surface area (Å²) in [7, 11) is -3.28. The number of carbonyl (C=O) groups is 2. The first-order valence-electron chi connectivity index (χ1n) is 6.30. The maximum atomic E-state index is 12.0. The largest absolute Gasteiger partial charge is 0.390 e. The molecule has 0 radical (unpaired) electrons. The number of aliphatic hydroxyl groups excluding tert-OH is 1. The van der Waals surface area contributed by atoms with Gasteiger partial charge in [-0.1, -0.05) is 6.92 Å². The van der Waals surface area contributed by atoms with Gasteiger partial charge in [-0.25, -0.2) is 8.42 Å². The van der Waals surface area contributed by atoms with E-state index in [0.29, 0.717) is 13.0 Å². The van der Waals surface area contributed by atoms with Crippen LogP contribution in [0.2, 0.25) is 0 Å². The lowest BCUT2D eigenvalue weighted by Crippen LogP contribution is -2.57. The van der Waals surface area contributed by atoms with Crippen LogP contribution in [0.5, 0.6) is 0 Å². The molecular weight excluding hydrogens is 272 g/mol. The van der Waals surface area contributed by atoms with E-state index in [0.717, 1.165) is 0 Å². The molecule has 0 aliphatic carbocycles. The highest BCUT2D eigenvalue weighted by Crippen LogP contribution is 2.20. The maximum Gasteiger partial charge on any atom is 0.242 e. The smallest absolute Gasteiger partial charge is 0.242 e. The molecule has 1 N–H and O–H groups in total. The van der Waals surface area contributed by atoms with Crippen LogP contribution in [0.4, 0.5) is 0 Å². The summed E-state index contributed by atoms with van der Waals surface area (Å²) in [4.78, 5) is 26.4. The van der Waals surface area contributed by atoms with E-state index in [9.17, 15) is 23.1 Å². The number of rotatable bonds is 2. The van der Waals surface area contributed by atoms with Crippen molar-refractivity contribution in [2.75, 3.05) is 31.1 Å². The Labute approximate surface area is 112 Å². The zero-order valence-corrected chi connectivity index (χ0v) is 11.6. The van der Waals surface area contributed by atoms with Gasteiger partial charge in [-0.05, 0) is 0 Å². The Bertz CT molecular complexity index is 489. The summed E-state index contributed by atoms with van der Waals surface area (Å²) < 4.78 is 22.9. The topological polar surface area (TPSA) is 95.0 Å². The summed E-state index contributed by atoms with van der Waals surface area (Å²) in [6.07, 6.45) is -0.685. The predicted octanol–water partition coefficient (Wildman–Crippen LogP) is -1.77. The SMILES string of the molecule is CCC(=O)N1CCN([C@@H]2CS(=O)(=O)C[C@H]2O)C(=O)C1. The normalized spacial score (nSPS) is 30.7. The van der Waals surface area contributed by atoms with E-state index >= 15 is 0 Å². The van der Waals surface area contributed by atoms with Crippen LogP contribution in [0.3, 0.4) is 0 Å². The molecule has 0 aromatic heterocycles. The second-order valence-corrected chi connectivity index (χ2v) is 7.12. The Kier molecular flexibility index (Phi) is 3.82. The number of nitrogens with zero attached hydrogens (tertiary/aromatic N) is 2. The standard InChI is InChI=1S/C11H18N2O5S/c1-2-10(15)12-3-4-13(11(16)5-12)8-6-19(17,18)7-9(8)14/h8-9,14H,2-7H2,1H3/t8-,9-/m1/s1. The van der Waals surface area contributed by atoms with Crippen LogP contribution >= 0.6 is 0 Å². The van der Waals surface area contributed by atoms with Gasteiger partial charge in [0.1, 0.15) is 0 Å². The van der Waals surface area contributed by atoms with Crippen molar-refractivity contribution in [1.82, 2.24) is 9.80 Å². The molecule has 0 saturated carbocycles. The summed E-state index contributed by atoms with van der Waals surface area (Å²) in [6.45, 7) is 2.37. The van der Waals surface area contributed by atoms with Crippen LogP contribution in [0.1, 0.15) is 13.3 Å². The fraction of sp³-hybridized carbons (Fsp3) is 0.818. The third kappa shape index (κ3) is 2.89. The van der Waals surface area contributed by atoms with E-state index in [1.807, 2.05) is 0 Å².